The molecule has 6 heteroatoms. The summed E-state index contributed by atoms with van der Waals surface area (Å²) in [5.41, 5.74) is 0.506. The first-order chi connectivity index (χ1) is 7.16. The molecule has 80 valence electrons. The molecule has 1 aliphatic rings. The minimum absolute atomic E-state index is 0.211. The van der Waals surface area contributed by atoms with E-state index in [0.29, 0.717) is 21.7 Å². The minimum Gasteiger partial charge on any atom is -0.872 e. The van der Waals surface area contributed by atoms with Crippen LogP contribution in [0.1, 0.15) is 0 Å². The first-order valence-corrected chi connectivity index (χ1v) is 5.14. The van der Waals surface area contributed by atoms with E-state index in [4.69, 9.17) is 23.2 Å². The fourth-order valence-electron chi connectivity index (χ4n) is 1.27. The van der Waals surface area contributed by atoms with Crippen molar-refractivity contribution in [3.05, 3.63) is 22.2 Å². The van der Waals surface area contributed by atoms with Gasteiger partial charge in [0, 0.05) is 6.54 Å². The predicted molar refractivity (Wildman–Crippen MR) is 59.8 cm³/mol. The maximum absolute atomic E-state index is 11.1. The molecule has 0 amide bonds. The van der Waals surface area contributed by atoms with Crippen LogP contribution in [-0.4, -0.2) is 19.0 Å². The van der Waals surface area contributed by atoms with Crippen molar-refractivity contribution >= 4 is 34.8 Å². The molecule has 15 heavy (non-hydrogen) atoms. The van der Waals surface area contributed by atoms with E-state index in [1.807, 2.05) is 0 Å². The van der Waals surface area contributed by atoms with E-state index in [1.165, 1.54) is 12.1 Å². The number of benzene rings is 1. The second-order valence-electron chi connectivity index (χ2n) is 3.04. The molecule has 0 saturated heterocycles. The SMILES string of the molecule is [O-]c1cc(Cl)c(NC2=NCCN2)c(Cl)c1. The fraction of sp³-hybridized carbons (Fsp3) is 0.222. The zero-order chi connectivity index (χ0) is 10.8. The van der Waals surface area contributed by atoms with Gasteiger partial charge in [0.05, 0.1) is 22.3 Å². The Morgan fingerprint density at radius 2 is 2.00 bits per heavy atom. The lowest BCUT2D eigenvalue weighted by Gasteiger charge is -2.14. The normalized spacial score (nSPS) is 14.7. The highest BCUT2D eigenvalue weighted by Crippen LogP contribution is 2.33. The number of hydrogen-bond donors (Lipinski definition) is 2. The van der Waals surface area contributed by atoms with Crippen molar-refractivity contribution < 1.29 is 5.11 Å². The summed E-state index contributed by atoms with van der Waals surface area (Å²) in [5.74, 6) is 0.411. The summed E-state index contributed by atoms with van der Waals surface area (Å²) in [6.07, 6.45) is 0. The van der Waals surface area contributed by atoms with Gasteiger partial charge < -0.3 is 15.7 Å². The molecular weight excluding hydrogens is 237 g/mol. The van der Waals surface area contributed by atoms with Crippen LogP contribution in [0.3, 0.4) is 0 Å². The molecule has 4 nitrogen and oxygen atoms in total. The number of rotatable bonds is 1. The second-order valence-corrected chi connectivity index (χ2v) is 3.86. The Kier molecular flexibility index (Phi) is 2.88. The van der Waals surface area contributed by atoms with Gasteiger partial charge in [0.15, 0.2) is 5.96 Å². The maximum atomic E-state index is 11.1. The molecule has 2 rings (SSSR count). The van der Waals surface area contributed by atoms with Crippen molar-refractivity contribution in [1.29, 1.82) is 0 Å². The number of nitrogens with one attached hydrogen (secondary N) is 2. The highest BCUT2D eigenvalue weighted by atomic mass is 35.5. The zero-order valence-corrected chi connectivity index (χ0v) is 9.19. The molecule has 0 spiro atoms. The summed E-state index contributed by atoms with van der Waals surface area (Å²) in [6, 6.07) is 2.62. The van der Waals surface area contributed by atoms with Crippen LogP contribution in [0, 0.1) is 0 Å². The third-order valence-electron chi connectivity index (χ3n) is 1.93. The maximum Gasteiger partial charge on any atom is 0.196 e. The number of aliphatic imine (C=N–C) groups is 1. The standard InChI is InChI=1S/C9H9Cl2N3O/c10-6-3-5(15)4-7(11)8(6)14-9-12-1-2-13-9/h3-4,15H,1-2H2,(H2,12,13,14)/p-1. The van der Waals surface area contributed by atoms with Gasteiger partial charge in [0.2, 0.25) is 0 Å². The molecule has 0 atom stereocenters. The predicted octanol–water partition coefficient (Wildman–Crippen LogP) is 1.44. The average molecular weight is 245 g/mol. The van der Waals surface area contributed by atoms with Gasteiger partial charge in [-0.25, -0.2) is 0 Å². The number of nitrogens with zero attached hydrogens (tertiary/aromatic N) is 1. The Balaban J connectivity index is 2.27. The van der Waals surface area contributed by atoms with Crippen LogP contribution >= 0.6 is 23.2 Å². The average Bonchev–Trinajstić information content (AvgIpc) is 2.63. The number of guanidine groups is 1. The van der Waals surface area contributed by atoms with Crippen LogP contribution in [0.2, 0.25) is 10.0 Å². The summed E-state index contributed by atoms with van der Waals surface area (Å²) in [5, 5.41) is 17.6. The molecule has 0 aliphatic carbocycles. The summed E-state index contributed by atoms with van der Waals surface area (Å²) >= 11 is 11.8. The van der Waals surface area contributed by atoms with E-state index >= 15 is 0 Å². The quantitative estimate of drug-likeness (QED) is 0.786. The first-order valence-electron chi connectivity index (χ1n) is 4.38. The van der Waals surface area contributed by atoms with Gasteiger partial charge in [-0.05, 0) is 12.1 Å². The highest BCUT2D eigenvalue weighted by Gasteiger charge is 2.10. The molecule has 0 fully saturated rings. The van der Waals surface area contributed by atoms with E-state index in [1.54, 1.807) is 0 Å². The molecule has 1 heterocycles. The van der Waals surface area contributed by atoms with E-state index in [0.717, 1.165) is 13.1 Å². The van der Waals surface area contributed by atoms with Gasteiger partial charge in [-0.1, -0.05) is 23.2 Å². The lowest BCUT2D eigenvalue weighted by atomic mass is 10.3. The molecular formula is C9H8Cl2N3O-. The van der Waals surface area contributed by atoms with Gasteiger partial charge in [0.1, 0.15) is 0 Å². The van der Waals surface area contributed by atoms with Crippen molar-refractivity contribution in [2.45, 2.75) is 0 Å². The van der Waals surface area contributed by atoms with Crippen molar-refractivity contribution in [3.8, 4) is 5.75 Å². The van der Waals surface area contributed by atoms with Crippen LogP contribution in [0.5, 0.6) is 5.75 Å². The number of hydrogen-bond acceptors (Lipinski definition) is 4. The number of halogens is 2. The molecule has 1 aromatic rings. The lowest BCUT2D eigenvalue weighted by Crippen LogP contribution is -2.26. The third-order valence-corrected chi connectivity index (χ3v) is 2.53. The van der Waals surface area contributed by atoms with Crippen LogP contribution in [-0.2, 0) is 0 Å². The molecule has 0 radical (unpaired) electrons. The lowest BCUT2D eigenvalue weighted by molar-refractivity contribution is -0.268. The molecule has 0 bridgehead atoms. The van der Waals surface area contributed by atoms with Gasteiger partial charge >= 0.3 is 0 Å². The van der Waals surface area contributed by atoms with Crippen molar-refractivity contribution in [2.24, 2.45) is 4.99 Å². The third kappa shape index (κ3) is 2.27. The number of anilines is 1. The van der Waals surface area contributed by atoms with Crippen molar-refractivity contribution in [3.63, 3.8) is 0 Å². The highest BCUT2D eigenvalue weighted by molar-refractivity contribution is 6.40. The van der Waals surface area contributed by atoms with Crippen molar-refractivity contribution in [2.75, 3.05) is 18.4 Å². The molecule has 2 N–H and O–H groups in total. The Hall–Kier alpha value is -1.13. The van der Waals surface area contributed by atoms with Gasteiger partial charge in [-0.15, -0.1) is 5.75 Å². The molecule has 0 saturated carbocycles. The van der Waals surface area contributed by atoms with Crippen LogP contribution in [0.15, 0.2) is 17.1 Å². The monoisotopic (exact) mass is 244 g/mol. The summed E-state index contributed by atoms with van der Waals surface area (Å²) in [6.45, 7) is 1.51. The van der Waals surface area contributed by atoms with E-state index in [2.05, 4.69) is 15.6 Å². The molecule has 0 aromatic heterocycles. The summed E-state index contributed by atoms with van der Waals surface area (Å²) < 4.78 is 0. The van der Waals surface area contributed by atoms with Crippen LogP contribution in [0.25, 0.3) is 0 Å². The summed E-state index contributed by atoms with van der Waals surface area (Å²) in [7, 11) is 0. The zero-order valence-electron chi connectivity index (χ0n) is 7.68. The Morgan fingerprint density at radius 1 is 1.33 bits per heavy atom. The van der Waals surface area contributed by atoms with E-state index in [9.17, 15) is 5.11 Å². The smallest absolute Gasteiger partial charge is 0.196 e. The van der Waals surface area contributed by atoms with E-state index in [-0.39, 0.29) is 5.75 Å². The van der Waals surface area contributed by atoms with Crippen LogP contribution < -0.4 is 15.7 Å². The second kappa shape index (κ2) is 4.16. The Morgan fingerprint density at radius 3 is 2.53 bits per heavy atom. The largest absolute Gasteiger partial charge is 0.872 e. The van der Waals surface area contributed by atoms with Crippen molar-refractivity contribution in [1.82, 2.24) is 5.32 Å². The summed E-state index contributed by atoms with van der Waals surface area (Å²) in [4.78, 5) is 4.13. The van der Waals surface area contributed by atoms with E-state index < -0.39 is 0 Å². The van der Waals surface area contributed by atoms with Gasteiger partial charge in [-0.2, -0.15) is 0 Å². The molecule has 0 unspecified atom stereocenters. The van der Waals surface area contributed by atoms with Crippen LogP contribution in [0.4, 0.5) is 5.69 Å². The Labute approximate surface area is 96.9 Å². The fourth-order valence-corrected chi connectivity index (χ4v) is 1.83. The minimum atomic E-state index is -0.211. The topological polar surface area (TPSA) is 59.5 Å². The molecule has 1 aliphatic heterocycles. The van der Waals surface area contributed by atoms with Gasteiger partial charge in [0.25, 0.3) is 0 Å². The first kappa shape index (κ1) is 10.4. The Bertz CT molecular complexity index is 397. The van der Waals surface area contributed by atoms with Gasteiger partial charge in [-0.3, -0.25) is 4.99 Å². The molecule has 1 aromatic carbocycles.